The molecule has 192 valence electrons. The van der Waals surface area contributed by atoms with Crippen LogP contribution in [0.5, 0.6) is 23.0 Å². The van der Waals surface area contributed by atoms with Gasteiger partial charge in [-0.05, 0) is 52.7 Å². The number of hydrogen-bond acceptors (Lipinski definition) is 9. The number of aromatic nitrogens is 1. The van der Waals surface area contributed by atoms with Gasteiger partial charge in [0.25, 0.3) is 5.56 Å². The predicted molar refractivity (Wildman–Crippen MR) is 136 cm³/mol. The van der Waals surface area contributed by atoms with Crippen molar-refractivity contribution < 1.29 is 38.0 Å². The van der Waals surface area contributed by atoms with Gasteiger partial charge >= 0.3 is 11.9 Å². The summed E-state index contributed by atoms with van der Waals surface area (Å²) in [4.78, 5) is 39.2. The molecule has 10 nitrogen and oxygen atoms in total. The topological polar surface area (TPSA) is 112 Å². The van der Waals surface area contributed by atoms with Crippen LogP contribution in [0, 0.1) is 0 Å². The Morgan fingerprint density at radius 2 is 1.47 bits per heavy atom. The summed E-state index contributed by atoms with van der Waals surface area (Å²) >= 11 is 3.48. The summed E-state index contributed by atoms with van der Waals surface area (Å²) in [5.41, 5.74) is 0.0372. The molecule has 0 aliphatic carbocycles. The average Bonchev–Trinajstić information content (AvgIpc) is 2.88. The van der Waals surface area contributed by atoms with E-state index in [-0.39, 0.29) is 17.7 Å². The van der Waals surface area contributed by atoms with Crippen LogP contribution in [-0.4, -0.2) is 58.7 Å². The van der Waals surface area contributed by atoms with Crippen molar-refractivity contribution in [1.82, 2.24) is 4.57 Å². The second kappa shape index (κ2) is 11.3. The smallest absolute Gasteiger partial charge is 0.355 e. The predicted octanol–water partition coefficient (Wildman–Crippen LogP) is 3.82. The van der Waals surface area contributed by atoms with Crippen LogP contribution >= 0.6 is 15.9 Å². The van der Waals surface area contributed by atoms with Crippen LogP contribution in [0.1, 0.15) is 17.4 Å². The second-order valence-electron chi connectivity index (χ2n) is 7.36. The quantitative estimate of drug-likeness (QED) is 0.358. The number of hydrogen-bond donors (Lipinski definition) is 0. The van der Waals surface area contributed by atoms with Crippen molar-refractivity contribution in [3.05, 3.63) is 44.8 Å². The summed E-state index contributed by atoms with van der Waals surface area (Å²) in [6.45, 7) is 1.24. The van der Waals surface area contributed by atoms with E-state index in [1.54, 1.807) is 25.1 Å². The maximum Gasteiger partial charge on any atom is 0.355 e. The second-order valence-corrected chi connectivity index (χ2v) is 8.21. The van der Waals surface area contributed by atoms with Gasteiger partial charge < -0.3 is 28.4 Å². The van der Waals surface area contributed by atoms with Crippen molar-refractivity contribution in [3.63, 3.8) is 0 Å². The number of fused-ring (bicyclic) bond motifs is 1. The monoisotopic (exact) mass is 563 g/mol. The minimum absolute atomic E-state index is 0.106. The van der Waals surface area contributed by atoms with Gasteiger partial charge in [0.2, 0.25) is 0 Å². The molecule has 0 bridgehead atoms. The Labute approximate surface area is 215 Å². The molecule has 0 fully saturated rings. The average molecular weight is 564 g/mol. The van der Waals surface area contributed by atoms with Crippen molar-refractivity contribution in [1.29, 1.82) is 0 Å². The van der Waals surface area contributed by atoms with E-state index in [1.807, 2.05) is 0 Å². The first-order valence-electron chi connectivity index (χ1n) is 10.7. The molecule has 11 heteroatoms. The van der Waals surface area contributed by atoms with E-state index in [2.05, 4.69) is 15.9 Å². The molecule has 3 rings (SSSR count). The first-order chi connectivity index (χ1) is 17.3. The summed E-state index contributed by atoms with van der Waals surface area (Å²) in [5.74, 6) is -0.0732. The first-order valence-corrected chi connectivity index (χ1v) is 11.5. The molecular formula is C25H26BrNO9. The van der Waals surface area contributed by atoms with E-state index >= 15 is 0 Å². The number of methoxy groups -OCH3 is 5. The highest BCUT2D eigenvalue weighted by molar-refractivity contribution is 9.10. The lowest BCUT2D eigenvalue weighted by atomic mass is 9.95. The molecule has 3 aromatic rings. The van der Waals surface area contributed by atoms with Crippen LogP contribution in [-0.2, 0) is 20.8 Å². The van der Waals surface area contributed by atoms with Gasteiger partial charge in [0.1, 0.15) is 12.2 Å². The molecule has 1 heterocycles. The van der Waals surface area contributed by atoms with Gasteiger partial charge in [-0.1, -0.05) is 0 Å². The number of pyridine rings is 1. The summed E-state index contributed by atoms with van der Waals surface area (Å²) in [5, 5.41) is 0.558. The first kappa shape index (κ1) is 26.9. The number of nitrogens with zero attached hydrogens (tertiary/aromatic N) is 1. The zero-order valence-electron chi connectivity index (χ0n) is 20.7. The molecular weight excluding hydrogens is 538 g/mol. The van der Waals surface area contributed by atoms with Crippen molar-refractivity contribution in [3.8, 4) is 34.1 Å². The molecule has 0 aliphatic heterocycles. The number of ether oxygens (including phenoxy) is 6. The van der Waals surface area contributed by atoms with Crippen LogP contribution in [0.15, 0.2) is 33.5 Å². The Morgan fingerprint density at radius 1 is 0.861 bits per heavy atom. The number of carbonyl (C=O) groups excluding carboxylic acids is 2. The molecule has 0 spiro atoms. The standard InChI is InChI=1S/C25H26BrNO9/c1-7-36-20(28)12-27-22(25(30)35-6)21(13-8-16(26)23(34-5)19(9-13)33-4)14-10-17(31-2)18(32-3)11-15(14)24(27)29/h8-11H,7,12H2,1-6H3. The summed E-state index contributed by atoms with van der Waals surface area (Å²) in [6.07, 6.45) is 0. The van der Waals surface area contributed by atoms with Gasteiger partial charge in [-0.3, -0.25) is 14.2 Å². The lowest BCUT2D eigenvalue weighted by Gasteiger charge is -2.20. The van der Waals surface area contributed by atoms with E-state index in [9.17, 15) is 14.4 Å². The molecule has 0 saturated heterocycles. The fourth-order valence-corrected chi connectivity index (χ4v) is 4.53. The van der Waals surface area contributed by atoms with E-state index in [0.29, 0.717) is 44.0 Å². The van der Waals surface area contributed by atoms with E-state index in [4.69, 9.17) is 28.4 Å². The Bertz CT molecular complexity index is 1380. The van der Waals surface area contributed by atoms with Crippen LogP contribution in [0.25, 0.3) is 21.9 Å². The zero-order chi connectivity index (χ0) is 26.6. The van der Waals surface area contributed by atoms with Gasteiger partial charge in [0.05, 0.1) is 52.0 Å². The molecule has 0 saturated carbocycles. The molecule has 0 amide bonds. The molecule has 0 aliphatic rings. The number of esters is 2. The molecule has 0 radical (unpaired) electrons. The van der Waals surface area contributed by atoms with Gasteiger partial charge in [0.15, 0.2) is 23.0 Å². The molecule has 1 aromatic heterocycles. The highest BCUT2D eigenvalue weighted by atomic mass is 79.9. The van der Waals surface area contributed by atoms with Crippen LogP contribution < -0.4 is 24.5 Å². The van der Waals surface area contributed by atoms with Gasteiger partial charge in [-0.2, -0.15) is 0 Å². The minimum atomic E-state index is -0.825. The van der Waals surface area contributed by atoms with E-state index in [0.717, 1.165) is 4.57 Å². The van der Waals surface area contributed by atoms with Gasteiger partial charge in [-0.25, -0.2) is 4.79 Å². The number of benzene rings is 2. The zero-order valence-corrected chi connectivity index (χ0v) is 22.3. The third-order valence-corrected chi connectivity index (χ3v) is 6.06. The molecule has 36 heavy (non-hydrogen) atoms. The van der Waals surface area contributed by atoms with Crippen molar-refractivity contribution >= 4 is 38.6 Å². The van der Waals surface area contributed by atoms with Gasteiger partial charge in [0, 0.05) is 10.9 Å². The fraction of sp³-hybridized carbons (Fsp3) is 0.320. The highest BCUT2D eigenvalue weighted by Gasteiger charge is 2.28. The van der Waals surface area contributed by atoms with E-state index < -0.39 is 24.0 Å². The lowest BCUT2D eigenvalue weighted by Crippen LogP contribution is -2.31. The fourth-order valence-electron chi connectivity index (χ4n) is 3.92. The Balaban J connectivity index is 2.59. The highest BCUT2D eigenvalue weighted by Crippen LogP contribution is 2.43. The van der Waals surface area contributed by atoms with Crippen molar-refractivity contribution in [2.75, 3.05) is 42.2 Å². The number of rotatable bonds is 9. The summed E-state index contributed by atoms with van der Waals surface area (Å²) in [6, 6.07) is 6.45. The Hall–Kier alpha value is -3.73. The maximum absolute atomic E-state index is 13.6. The molecule has 0 unspecified atom stereocenters. The third kappa shape index (κ3) is 4.83. The third-order valence-electron chi connectivity index (χ3n) is 5.47. The normalized spacial score (nSPS) is 10.6. The lowest BCUT2D eigenvalue weighted by molar-refractivity contribution is -0.143. The largest absolute Gasteiger partial charge is 0.493 e. The van der Waals surface area contributed by atoms with Crippen molar-refractivity contribution in [2.45, 2.75) is 13.5 Å². The van der Waals surface area contributed by atoms with Crippen LogP contribution in [0.4, 0.5) is 0 Å². The van der Waals surface area contributed by atoms with Crippen molar-refractivity contribution in [2.24, 2.45) is 0 Å². The summed E-state index contributed by atoms with van der Waals surface area (Å²) in [7, 11) is 7.06. The van der Waals surface area contributed by atoms with Crippen LogP contribution in [0.3, 0.4) is 0 Å². The van der Waals surface area contributed by atoms with Crippen LogP contribution in [0.2, 0.25) is 0 Å². The number of halogens is 1. The van der Waals surface area contributed by atoms with E-state index in [1.165, 1.54) is 41.6 Å². The van der Waals surface area contributed by atoms with Gasteiger partial charge in [-0.15, -0.1) is 0 Å². The number of carbonyl (C=O) groups is 2. The maximum atomic E-state index is 13.6. The minimum Gasteiger partial charge on any atom is -0.493 e. The Kier molecular flexibility index (Phi) is 8.46. The molecule has 0 atom stereocenters. The Morgan fingerprint density at radius 3 is 2.00 bits per heavy atom. The molecule has 2 aromatic carbocycles. The molecule has 0 N–H and O–H groups in total. The SMILES string of the molecule is CCOC(=O)Cn1c(C(=O)OC)c(-c2cc(Br)c(OC)c(OC)c2)c2cc(OC)c(OC)cc2c1=O. The summed E-state index contributed by atoms with van der Waals surface area (Å²) < 4.78 is 33.4.